The van der Waals surface area contributed by atoms with E-state index in [0.29, 0.717) is 12.5 Å². The summed E-state index contributed by atoms with van der Waals surface area (Å²) in [6.07, 6.45) is 4.64. The maximum Gasteiger partial charge on any atom is 0.262 e. The first-order valence-corrected chi connectivity index (χ1v) is 9.99. The summed E-state index contributed by atoms with van der Waals surface area (Å²) in [6, 6.07) is 2.63. The molecule has 0 bridgehead atoms. The van der Waals surface area contributed by atoms with Crippen LogP contribution in [-0.2, 0) is 9.05 Å². The van der Waals surface area contributed by atoms with E-state index in [-0.39, 0.29) is 25.9 Å². The molecular formula is C13H14BrCl2NO3S. The molecule has 4 nitrogen and oxygen atoms in total. The van der Waals surface area contributed by atoms with Gasteiger partial charge in [0.1, 0.15) is 0 Å². The summed E-state index contributed by atoms with van der Waals surface area (Å²) in [7, 11) is 1.36. The monoisotopic (exact) mass is 413 g/mol. The molecule has 21 heavy (non-hydrogen) atoms. The summed E-state index contributed by atoms with van der Waals surface area (Å²) in [4.78, 5) is 11.8. The Morgan fingerprint density at radius 2 is 2.05 bits per heavy atom. The fourth-order valence-electron chi connectivity index (χ4n) is 2.15. The van der Waals surface area contributed by atoms with E-state index in [1.165, 1.54) is 31.4 Å². The van der Waals surface area contributed by atoms with Gasteiger partial charge in [0.2, 0.25) is 0 Å². The molecule has 8 heteroatoms. The minimum atomic E-state index is -3.98. The molecule has 2 rings (SSSR count). The fraction of sp³-hybridized carbons (Fsp3) is 0.462. The molecule has 0 aromatic heterocycles. The molecule has 0 aliphatic heterocycles. The summed E-state index contributed by atoms with van der Waals surface area (Å²) in [5.41, 5.74) is 0.177. The average molecular weight is 415 g/mol. The van der Waals surface area contributed by atoms with E-state index in [9.17, 15) is 13.2 Å². The highest BCUT2D eigenvalue weighted by Crippen LogP contribution is 2.33. The lowest BCUT2D eigenvalue weighted by molar-refractivity contribution is 0.0948. The zero-order valence-electron chi connectivity index (χ0n) is 11.0. The second-order valence-corrected chi connectivity index (χ2v) is 8.78. The predicted molar refractivity (Wildman–Crippen MR) is 86.5 cm³/mol. The van der Waals surface area contributed by atoms with Crippen molar-refractivity contribution in [2.75, 3.05) is 6.54 Å². The number of carbonyl (C=O) groups is 1. The molecule has 1 amide bonds. The van der Waals surface area contributed by atoms with Crippen molar-refractivity contribution in [2.45, 2.75) is 30.6 Å². The summed E-state index contributed by atoms with van der Waals surface area (Å²) in [5.74, 6) is 0.336. The maximum atomic E-state index is 12.1. The van der Waals surface area contributed by atoms with E-state index in [2.05, 4.69) is 21.2 Å². The molecule has 0 heterocycles. The Morgan fingerprint density at radius 1 is 1.38 bits per heavy atom. The Kier molecular flexibility index (Phi) is 5.57. The van der Waals surface area contributed by atoms with Crippen LogP contribution in [0.4, 0.5) is 0 Å². The number of nitrogens with one attached hydrogen (secondary N) is 1. The van der Waals surface area contributed by atoms with Crippen molar-refractivity contribution in [1.82, 2.24) is 5.32 Å². The lowest BCUT2D eigenvalue weighted by atomic mass is 9.83. The van der Waals surface area contributed by atoms with Crippen LogP contribution < -0.4 is 5.32 Å². The van der Waals surface area contributed by atoms with E-state index >= 15 is 0 Å². The molecule has 1 aromatic rings. The topological polar surface area (TPSA) is 63.2 Å². The number of benzene rings is 1. The summed E-state index contributed by atoms with van der Waals surface area (Å²) >= 11 is 9.00. The van der Waals surface area contributed by atoms with Crippen molar-refractivity contribution >= 4 is 53.2 Å². The highest BCUT2D eigenvalue weighted by Gasteiger charge is 2.21. The van der Waals surface area contributed by atoms with E-state index in [4.69, 9.17) is 22.3 Å². The minimum Gasteiger partial charge on any atom is -0.352 e. The Balaban J connectivity index is 2.11. The molecule has 0 unspecified atom stereocenters. The molecule has 1 fully saturated rings. The van der Waals surface area contributed by atoms with Crippen molar-refractivity contribution in [3.63, 3.8) is 0 Å². The zero-order valence-corrected chi connectivity index (χ0v) is 14.9. The first-order chi connectivity index (χ1) is 9.79. The van der Waals surface area contributed by atoms with Crippen LogP contribution in [0.1, 0.15) is 36.0 Å². The van der Waals surface area contributed by atoms with Gasteiger partial charge in [0.15, 0.2) is 0 Å². The first kappa shape index (κ1) is 17.1. The van der Waals surface area contributed by atoms with E-state index in [1.807, 2.05) is 0 Å². The van der Waals surface area contributed by atoms with Crippen LogP contribution >= 0.6 is 38.2 Å². The van der Waals surface area contributed by atoms with Crippen molar-refractivity contribution in [1.29, 1.82) is 0 Å². The Labute approximate surface area is 141 Å². The van der Waals surface area contributed by atoms with Crippen LogP contribution in [0.2, 0.25) is 5.02 Å². The van der Waals surface area contributed by atoms with E-state index < -0.39 is 9.05 Å². The van der Waals surface area contributed by atoms with Gasteiger partial charge >= 0.3 is 0 Å². The van der Waals surface area contributed by atoms with Gasteiger partial charge in [-0.2, -0.15) is 0 Å². The van der Waals surface area contributed by atoms with Crippen molar-refractivity contribution in [3.05, 3.63) is 27.2 Å². The summed E-state index contributed by atoms with van der Waals surface area (Å²) in [5, 5.41) is 2.90. The third-order valence-corrected chi connectivity index (χ3v) is 6.57. The largest absolute Gasteiger partial charge is 0.352 e. The van der Waals surface area contributed by atoms with Gasteiger partial charge in [-0.1, -0.05) is 30.9 Å². The van der Waals surface area contributed by atoms with Crippen LogP contribution in [0, 0.1) is 5.92 Å². The Bertz CT molecular complexity index is 660. The summed E-state index contributed by atoms with van der Waals surface area (Å²) < 4.78 is 23.1. The smallest absolute Gasteiger partial charge is 0.262 e. The number of halogens is 3. The van der Waals surface area contributed by atoms with E-state index in [0.717, 1.165) is 6.42 Å². The maximum absolute atomic E-state index is 12.1. The van der Waals surface area contributed by atoms with Crippen LogP contribution in [-0.4, -0.2) is 20.9 Å². The first-order valence-electron chi connectivity index (χ1n) is 6.51. The van der Waals surface area contributed by atoms with Crippen molar-refractivity contribution in [3.8, 4) is 0 Å². The number of carbonyl (C=O) groups excluding carboxylic acids is 1. The molecule has 1 aliphatic rings. The Morgan fingerprint density at radius 3 is 2.57 bits per heavy atom. The quantitative estimate of drug-likeness (QED) is 0.741. The predicted octanol–water partition coefficient (Wildman–Crippen LogP) is 3.95. The van der Waals surface area contributed by atoms with Crippen LogP contribution in [0.25, 0.3) is 0 Å². The van der Waals surface area contributed by atoms with Crippen LogP contribution in [0.3, 0.4) is 0 Å². The normalized spacial score (nSPS) is 15.6. The Hall–Kier alpha value is -0.300. The zero-order chi connectivity index (χ0) is 15.6. The lowest BCUT2D eigenvalue weighted by Crippen LogP contribution is -2.27. The highest BCUT2D eigenvalue weighted by atomic mass is 79.9. The van der Waals surface area contributed by atoms with Gasteiger partial charge < -0.3 is 5.32 Å². The lowest BCUT2D eigenvalue weighted by Gasteiger charge is -2.25. The number of hydrogen-bond donors (Lipinski definition) is 1. The molecule has 1 aliphatic carbocycles. The molecule has 0 saturated heterocycles. The van der Waals surface area contributed by atoms with Crippen molar-refractivity contribution in [2.24, 2.45) is 5.92 Å². The molecular weight excluding hydrogens is 401 g/mol. The fourth-order valence-corrected chi connectivity index (χ4v) is 4.53. The van der Waals surface area contributed by atoms with Gasteiger partial charge in [0.05, 0.1) is 14.4 Å². The summed E-state index contributed by atoms with van der Waals surface area (Å²) in [6.45, 7) is 0.570. The third kappa shape index (κ3) is 4.34. The van der Waals surface area contributed by atoms with Gasteiger partial charge in [-0.05, 0) is 40.4 Å². The van der Waals surface area contributed by atoms with Gasteiger partial charge in [-0.3, -0.25) is 4.79 Å². The van der Waals surface area contributed by atoms with Crippen molar-refractivity contribution < 1.29 is 13.2 Å². The van der Waals surface area contributed by atoms with E-state index in [1.54, 1.807) is 0 Å². The molecule has 1 saturated carbocycles. The van der Waals surface area contributed by atoms with Crippen LogP contribution in [0.15, 0.2) is 21.5 Å². The average Bonchev–Trinajstić information content (AvgIpc) is 2.33. The molecule has 0 radical (unpaired) electrons. The van der Waals surface area contributed by atoms with Gasteiger partial charge in [-0.25, -0.2) is 8.42 Å². The van der Waals surface area contributed by atoms with Gasteiger partial charge in [0, 0.05) is 22.8 Å². The van der Waals surface area contributed by atoms with Gasteiger partial charge in [0.25, 0.3) is 15.0 Å². The highest BCUT2D eigenvalue weighted by molar-refractivity contribution is 9.10. The minimum absolute atomic E-state index is 0.126. The molecule has 0 spiro atoms. The second-order valence-electron chi connectivity index (χ2n) is 5.05. The molecule has 1 aromatic carbocycles. The molecule has 1 N–H and O–H groups in total. The number of amides is 1. The SMILES string of the molecule is O=C(NCCC1CCC1)c1cc(Cl)c(Br)c(S(=O)(=O)Cl)c1. The standard InChI is InChI=1S/C13H14BrCl2NO3S/c14-12-10(15)6-9(7-11(12)21(16,19)20)13(18)17-5-4-8-2-1-3-8/h6-8H,1-5H2,(H,17,18). The number of rotatable bonds is 5. The third-order valence-electron chi connectivity index (χ3n) is 3.58. The van der Waals surface area contributed by atoms with Gasteiger partial charge in [-0.15, -0.1) is 0 Å². The second kappa shape index (κ2) is 6.86. The molecule has 116 valence electrons. The number of hydrogen-bond acceptors (Lipinski definition) is 3. The van der Waals surface area contributed by atoms with Crippen LogP contribution in [0.5, 0.6) is 0 Å². The molecule has 0 atom stereocenters.